The lowest BCUT2D eigenvalue weighted by Crippen LogP contribution is -2.29. The van der Waals surface area contributed by atoms with Crippen LogP contribution in [0, 0.1) is 10.1 Å². The van der Waals surface area contributed by atoms with Crippen LogP contribution in [-0.2, 0) is 11.3 Å². The molecule has 0 atom stereocenters. The Kier molecular flexibility index (Phi) is 4.50. The van der Waals surface area contributed by atoms with Crippen molar-refractivity contribution in [2.75, 3.05) is 0 Å². The molecule has 1 fully saturated rings. The molecule has 28 heavy (non-hydrogen) atoms. The Morgan fingerprint density at radius 1 is 1.18 bits per heavy atom. The van der Waals surface area contributed by atoms with Gasteiger partial charge in [0.15, 0.2) is 5.11 Å². The summed E-state index contributed by atoms with van der Waals surface area (Å²) < 4.78 is 7.11. The highest BCUT2D eigenvalue weighted by Crippen LogP contribution is 2.21. The monoisotopic (exact) mass is 394 g/mol. The zero-order valence-electron chi connectivity index (χ0n) is 14.4. The summed E-state index contributed by atoms with van der Waals surface area (Å²) in [5.41, 5.74) is 1.83. The molecule has 1 N–H and O–H groups in total. The van der Waals surface area contributed by atoms with Crippen molar-refractivity contribution in [1.29, 1.82) is 0 Å². The molecule has 0 bridgehead atoms. The number of nitro benzene ring substituents is 1. The summed E-state index contributed by atoms with van der Waals surface area (Å²) in [6, 6.07) is 13.4. The van der Waals surface area contributed by atoms with E-state index in [0.717, 1.165) is 11.4 Å². The number of benzene rings is 1. The van der Waals surface area contributed by atoms with Gasteiger partial charge < -0.3 is 14.3 Å². The summed E-state index contributed by atoms with van der Waals surface area (Å²) in [6.45, 7) is 0.248. The molecular weight excluding hydrogens is 380 g/mol. The topological polar surface area (TPSA) is 93.5 Å². The van der Waals surface area contributed by atoms with Crippen LogP contribution in [0.3, 0.4) is 0 Å². The Balaban J connectivity index is 1.60. The van der Waals surface area contributed by atoms with E-state index in [9.17, 15) is 14.9 Å². The number of rotatable bonds is 5. The largest absolute Gasteiger partial charge is 0.467 e. The molecule has 1 aliphatic rings. The van der Waals surface area contributed by atoms with Gasteiger partial charge in [-0.3, -0.25) is 19.8 Å². The average molecular weight is 394 g/mol. The fraction of sp³-hybridized carbons (Fsp3) is 0.0526. The third-order valence-electron chi connectivity index (χ3n) is 4.27. The summed E-state index contributed by atoms with van der Waals surface area (Å²) in [7, 11) is 0. The van der Waals surface area contributed by atoms with Gasteiger partial charge in [-0.2, -0.15) is 0 Å². The molecule has 4 rings (SSSR count). The van der Waals surface area contributed by atoms with Crippen molar-refractivity contribution in [3.05, 3.63) is 88.3 Å². The van der Waals surface area contributed by atoms with Gasteiger partial charge in [0.1, 0.15) is 11.5 Å². The lowest BCUT2D eigenvalue weighted by atomic mass is 10.2. The minimum atomic E-state index is -0.446. The van der Waals surface area contributed by atoms with Crippen molar-refractivity contribution < 1.29 is 14.1 Å². The fourth-order valence-corrected chi connectivity index (χ4v) is 3.16. The Hall–Kier alpha value is -3.72. The van der Waals surface area contributed by atoms with E-state index in [1.165, 1.54) is 17.0 Å². The zero-order valence-corrected chi connectivity index (χ0v) is 15.3. The van der Waals surface area contributed by atoms with E-state index >= 15 is 0 Å². The molecule has 1 amide bonds. The van der Waals surface area contributed by atoms with E-state index < -0.39 is 4.92 Å². The van der Waals surface area contributed by atoms with Gasteiger partial charge in [-0.25, -0.2) is 0 Å². The third-order valence-corrected chi connectivity index (χ3v) is 4.59. The quantitative estimate of drug-likeness (QED) is 0.309. The second-order valence-electron chi connectivity index (χ2n) is 6.04. The van der Waals surface area contributed by atoms with Gasteiger partial charge in [-0.05, 0) is 54.7 Å². The van der Waals surface area contributed by atoms with Gasteiger partial charge in [0, 0.05) is 29.7 Å². The molecular formula is C19H14N4O4S. The normalized spacial score (nSPS) is 15.3. The van der Waals surface area contributed by atoms with Gasteiger partial charge in [0.25, 0.3) is 11.6 Å². The van der Waals surface area contributed by atoms with Crippen LogP contribution < -0.4 is 5.32 Å². The van der Waals surface area contributed by atoms with Crippen molar-refractivity contribution in [1.82, 2.24) is 14.8 Å². The maximum absolute atomic E-state index is 12.7. The molecule has 140 valence electrons. The number of nitrogens with one attached hydrogen (secondary N) is 1. The molecule has 0 saturated carbocycles. The third kappa shape index (κ3) is 3.30. The first-order valence-electron chi connectivity index (χ1n) is 8.32. The lowest BCUT2D eigenvalue weighted by molar-refractivity contribution is -0.384. The number of nitro groups is 1. The molecule has 3 heterocycles. The lowest BCUT2D eigenvalue weighted by Gasteiger charge is -2.11. The SMILES string of the molecule is O=C1/C(=C\c2cccn2-c2ccc([N+](=O)[O-])cc2)NC(=S)N1Cc1ccco1. The minimum absolute atomic E-state index is 0.0161. The highest BCUT2D eigenvalue weighted by atomic mass is 32.1. The fourth-order valence-electron chi connectivity index (χ4n) is 2.90. The molecule has 0 aliphatic carbocycles. The predicted molar refractivity (Wildman–Crippen MR) is 105 cm³/mol. The number of aromatic nitrogens is 1. The van der Waals surface area contributed by atoms with Crippen LogP contribution in [0.5, 0.6) is 0 Å². The zero-order chi connectivity index (χ0) is 19.7. The number of amides is 1. The molecule has 2 aromatic heterocycles. The number of hydrogen-bond donors (Lipinski definition) is 1. The van der Waals surface area contributed by atoms with Gasteiger partial charge in [-0.15, -0.1) is 0 Å². The van der Waals surface area contributed by atoms with Crippen molar-refractivity contribution in [3.8, 4) is 5.69 Å². The number of non-ortho nitro benzene ring substituents is 1. The summed E-state index contributed by atoms with van der Waals surface area (Å²) >= 11 is 5.27. The molecule has 0 radical (unpaired) electrons. The Bertz CT molecular complexity index is 1080. The number of nitrogens with zero attached hydrogens (tertiary/aromatic N) is 3. The van der Waals surface area contributed by atoms with Crippen LogP contribution in [0.25, 0.3) is 11.8 Å². The molecule has 8 nitrogen and oxygen atoms in total. The van der Waals surface area contributed by atoms with Gasteiger partial charge in [0.2, 0.25) is 0 Å². The molecule has 9 heteroatoms. The summed E-state index contributed by atoms with van der Waals surface area (Å²) in [5.74, 6) is 0.380. The number of hydrogen-bond acceptors (Lipinski definition) is 5. The van der Waals surface area contributed by atoms with E-state index in [0.29, 0.717) is 16.6 Å². The molecule has 0 unspecified atom stereocenters. The Labute approximate surface area is 164 Å². The summed E-state index contributed by atoms with van der Waals surface area (Å²) in [6.07, 6.45) is 5.05. The van der Waals surface area contributed by atoms with Crippen LogP contribution in [0.2, 0.25) is 0 Å². The summed E-state index contributed by atoms with van der Waals surface area (Å²) in [4.78, 5) is 24.5. The van der Waals surface area contributed by atoms with E-state index in [1.54, 1.807) is 36.6 Å². The van der Waals surface area contributed by atoms with Crippen LogP contribution in [0.1, 0.15) is 11.5 Å². The van der Waals surface area contributed by atoms with Crippen molar-refractivity contribution in [3.63, 3.8) is 0 Å². The first-order valence-corrected chi connectivity index (χ1v) is 8.73. The molecule has 1 aliphatic heterocycles. The smallest absolute Gasteiger partial charge is 0.277 e. The number of carbonyl (C=O) groups excluding carboxylic acids is 1. The molecule has 1 aromatic carbocycles. The van der Waals surface area contributed by atoms with Crippen molar-refractivity contribution in [2.45, 2.75) is 6.54 Å². The van der Waals surface area contributed by atoms with E-state index in [4.69, 9.17) is 16.6 Å². The van der Waals surface area contributed by atoms with E-state index in [2.05, 4.69) is 5.32 Å². The molecule has 3 aromatic rings. The van der Waals surface area contributed by atoms with Crippen LogP contribution in [0.4, 0.5) is 5.69 Å². The molecule has 0 spiro atoms. The predicted octanol–water partition coefficient (Wildman–Crippen LogP) is 3.24. The minimum Gasteiger partial charge on any atom is -0.467 e. The summed E-state index contributed by atoms with van der Waals surface area (Å²) in [5, 5.41) is 14.1. The number of furan rings is 1. The van der Waals surface area contributed by atoms with E-state index in [-0.39, 0.29) is 18.1 Å². The van der Waals surface area contributed by atoms with Gasteiger partial charge >= 0.3 is 0 Å². The van der Waals surface area contributed by atoms with E-state index in [1.807, 2.05) is 22.9 Å². The standard InChI is InChI=1S/C19H14N4O4S/c24-18-17(20-19(28)22(18)12-16-4-2-10-27-16)11-15-3-1-9-21(15)13-5-7-14(8-6-13)23(25)26/h1-11H,12H2,(H,20,28)/b17-11+. The molecule has 1 saturated heterocycles. The maximum Gasteiger partial charge on any atom is 0.277 e. The van der Waals surface area contributed by atoms with Crippen LogP contribution in [0.15, 0.2) is 71.1 Å². The van der Waals surface area contributed by atoms with Gasteiger partial charge in [-0.1, -0.05) is 0 Å². The first kappa shape index (κ1) is 17.7. The van der Waals surface area contributed by atoms with Crippen LogP contribution in [-0.4, -0.2) is 25.4 Å². The maximum atomic E-state index is 12.7. The van der Waals surface area contributed by atoms with Crippen molar-refractivity contribution >= 4 is 35.0 Å². The highest BCUT2D eigenvalue weighted by Gasteiger charge is 2.31. The first-order chi connectivity index (χ1) is 13.5. The van der Waals surface area contributed by atoms with Crippen LogP contribution >= 0.6 is 12.2 Å². The average Bonchev–Trinajstić information content (AvgIpc) is 3.41. The second-order valence-corrected chi connectivity index (χ2v) is 6.42. The number of carbonyl (C=O) groups is 1. The Morgan fingerprint density at radius 2 is 1.96 bits per heavy atom. The Morgan fingerprint density at radius 3 is 2.64 bits per heavy atom. The highest BCUT2D eigenvalue weighted by molar-refractivity contribution is 7.80. The van der Waals surface area contributed by atoms with Crippen molar-refractivity contribution in [2.24, 2.45) is 0 Å². The second kappa shape index (κ2) is 7.12. The number of thiocarbonyl (C=S) groups is 1. The van der Waals surface area contributed by atoms with Gasteiger partial charge in [0.05, 0.1) is 17.7 Å².